The van der Waals surface area contributed by atoms with Crippen molar-refractivity contribution in [2.24, 2.45) is 0 Å². The van der Waals surface area contributed by atoms with Crippen molar-refractivity contribution in [3.8, 4) is 0 Å². The third-order valence-electron chi connectivity index (χ3n) is 4.72. The lowest BCUT2D eigenvalue weighted by molar-refractivity contribution is 0.0684. The molecule has 0 saturated heterocycles. The molecule has 0 aliphatic carbocycles. The maximum atomic E-state index is 13.1. The molecule has 1 N–H and O–H groups in total. The van der Waals surface area contributed by atoms with Gasteiger partial charge in [-0.25, -0.2) is 9.97 Å². The summed E-state index contributed by atoms with van der Waals surface area (Å²) in [7, 11) is 0. The van der Waals surface area contributed by atoms with Crippen LogP contribution in [-0.2, 0) is 13.0 Å². The molecule has 0 bridgehead atoms. The third kappa shape index (κ3) is 6.14. The van der Waals surface area contributed by atoms with Crippen LogP contribution in [0.2, 0.25) is 0 Å². The largest absolute Gasteiger partial charge is 0.354 e. The fraction of sp³-hybridized carbons (Fsp3) is 0.292. The van der Waals surface area contributed by atoms with Crippen LogP contribution in [0.25, 0.3) is 0 Å². The third-order valence-corrected chi connectivity index (χ3v) is 4.72. The number of rotatable bonds is 9. The van der Waals surface area contributed by atoms with E-state index in [-0.39, 0.29) is 11.9 Å². The van der Waals surface area contributed by atoms with Gasteiger partial charge in [0.2, 0.25) is 5.95 Å². The molecule has 3 aromatic rings. The molecular weight excluding hydrogens is 360 g/mol. The molecule has 0 unspecified atom stereocenters. The van der Waals surface area contributed by atoms with Crippen molar-refractivity contribution in [1.29, 1.82) is 0 Å². The first-order valence-corrected chi connectivity index (χ1v) is 10.1. The van der Waals surface area contributed by atoms with E-state index in [1.54, 1.807) is 12.3 Å². The van der Waals surface area contributed by atoms with E-state index in [9.17, 15) is 4.79 Å². The van der Waals surface area contributed by atoms with E-state index < -0.39 is 0 Å². The van der Waals surface area contributed by atoms with E-state index in [4.69, 9.17) is 0 Å². The molecule has 0 radical (unpaired) electrons. The second-order valence-corrected chi connectivity index (χ2v) is 7.29. The smallest absolute Gasteiger partial charge is 0.273 e. The van der Waals surface area contributed by atoms with Gasteiger partial charge in [0.05, 0.1) is 0 Å². The summed E-state index contributed by atoms with van der Waals surface area (Å²) in [5.74, 6) is 0.408. The van der Waals surface area contributed by atoms with E-state index in [1.165, 1.54) is 5.56 Å². The Labute approximate surface area is 172 Å². The van der Waals surface area contributed by atoms with Crippen molar-refractivity contribution in [2.75, 3.05) is 11.9 Å². The maximum absolute atomic E-state index is 13.1. The van der Waals surface area contributed by atoms with Crippen molar-refractivity contribution in [3.63, 3.8) is 0 Å². The number of hydrogen-bond donors (Lipinski definition) is 1. The number of carbonyl (C=O) groups is 1. The zero-order chi connectivity index (χ0) is 20.5. The Morgan fingerprint density at radius 2 is 1.62 bits per heavy atom. The molecule has 0 aliphatic rings. The van der Waals surface area contributed by atoms with Crippen LogP contribution in [0.4, 0.5) is 5.95 Å². The molecular formula is C24H28N4O. The van der Waals surface area contributed by atoms with E-state index in [2.05, 4.69) is 39.6 Å². The van der Waals surface area contributed by atoms with Crippen LogP contribution in [-0.4, -0.2) is 33.4 Å². The van der Waals surface area contributed by atoms with E-state index in [0.717, 1.165) is 24.9 Å². The lowest BCUT2D eigenvalue weighted by Gasteiger charge is -2.26. The summed E-state index contributed by atoms with van der Waals surface area (Å²) in [5, 5.41) is 3.24. The van der Waals surface area contributed by atoms with Crippen molar-refractivity contribution < 1.29 is 4.79 Å². The zero-order valence-electron chi connectivity index (χ0n) is 17.1. The first-order valence-electron chi connectivity index (χ1n) is 10.1. The maximum Gasteiger partial charge on any atom is 0.273 e. The summed E-state index contributed by atoms with van der Waals surface area (Å²) >= 11 is 0. The van der Waals surface area contributed by atoms with Gasteiger partial charge in [0.15, 0.2) is 0 Å². The van der Waals surface area contributed by atoms with E-state index in [0.29, 0.717) is 18.2 Å². The summed E-state index contributed by atoms with van der Waals surface area (Å²) in [5.41, 5.74) is 2.82. The molecule has 0 atom stereocenters. The molecule has 5 nitrogen and oxygen atoms in total. The lowest BCUT2D eigenvalue weighted by Crippen LogP contribution is -2.37. The van der Waals surface area contributed by atoms with Crippen LogP contribution >= 0.6 is 0 Å². The minimum atomic E-state index is -0.0846. The Bertz CT molecular complexity index is 897. The first-order chi connectivity index (χ1) is 14.1. The highest BCUT2D eigenvalue weighted by Crippen LogP contribution is 2.13. The van der Waals surface area contributed by atoms with Gasteiger partial charge < -0.3 is 10.2 Å². The number of anilines is 1. The molecule has 1 heterocycles. The monoisotopic (exact) mass is 388 g/mol. The second kappa shape index (κ2) is 10.4. The first kappa shape index (κ1) is 20.5. The fourth-order valence-electron chi connectivity index (χ4n) is 3.12. The Balaban J connectivity index is 1.60. The minimum absolute atomic E-state index is 0.0694. The summed E-state index contributed by atoms with van der Waals surface area (Å²) in [4.78, 5) is 23.6. The number of amides is 1. The van der Waals surface area contributed by atoms with Gasteiger partial charge in [0, 0.05) is 25.3 Å². The van der Waals surface area contributed by atoms with Crippen LogP contribution in [0, 0.1) is 0 Å². The van der Waals surface area contributed by atoms with Gasteiger partial charge in [-0.05, 0) is 43.9 Å². The molecule has 1 amide bonds. The Kier molecular flexibility index (Phi) is 7.34. The summed E-state index contributed by atoms with van der Waals surface area (Å²) in [6.45, 7) is 5.35. The fourth-order valence-corrected chi connectivity index (χ4v) is 3.12. The van der Waals surface area contributed by atoms with Crippen LogP contribution in [0.5, 0.6) is 0 Å². The predicted molar refractivity (Wildman–Crippen MR) is 117 cm³/mol. The number of benzene rings is 2. The van der Waals surface area contributed by atoms with Crippen LogP contribution in [0.3, 0.4) is 0 Å². The SMILES string of the molecule is CC(C)N(Cc1ccccc1)C(=O)c1ccnc(NCCCc2ccccc2)n1. The van der Waals surface area contributed by atoms with E-state index >= 15 is 0 Å². The van der Waals surface area contributed by atoms with Crippen molar-refractivity contribution in [2.45, 2.75) is 39.3 Å². The van der Waals surface area contributed by atoms with Gasteiger partial charge in [-0.1, -0.05) is 60.7 Å². The van der Waals surface area contributed by atoms with Gasteiger partial charge in [0.1, 0.15) is 5.69 Å². The van der Waals surface area contributed by atoms with Crippen LogP contribution < -0.4 is 5.32 Å². The van der Waals surface area contributed by atoms with Gasteiger partial charge in [-0.3, -0.25) is 4.79 Å². The number of aromatic nitrogens is 2. The predicted octanol–water partition coefficient (Wildman–Crippen LogP) is 4.57. The minimum Gasteiger partial charge on any atom is -0.354 e. The lowest BCUT2D eigenvalue weighted by atomic mass is 10.1. The molecule has 1 aromatic heterocycles. The molecule has 0 spiro atoms. The highest BCUT2D eigenvalue weighted by molar-refractivity contribution is 5.92. The zero-order valence-corrected chi connectivity index (χ0v) is 17.1. The van der Waals surface area contributed by atoms with Crippen LogP contribution in [0.1, 0.15) is 41.9 Å². The second-order valence-electron chi connectivity index (χ2n) is 7.29. The number of hydrogen-bond acceptors (Lipinski definition) is 4. The van der Waals surface area contributed by atoms with Crippen LogP contribution in [0.15, 0.2) is 72.9 Å². The highest BCUT2D eigenvalue weighted by atomic mass is 16.2. The van der Waals surface area contributed by atoms with Gasteiger partial charge in [-0.2, -0.15) is 0 Å². The van der Waals surface area contributed by atoms with Gasteiger partial charge in [0.25, 0.3) is 5.91 Å². The average Bonchev–Trinajstić information content (AvgIpc) is 2.76. The Morgan fingerprint density at radius 3 is 2.28 bits per heavy atom. The quantitative estimate of drug-likeness (QED) is 0.546. The highest BCUT2D eigenvalue weighted by Gasteiger charge is 2.20. The molecule has 2 aromatic carbocycles. The molecule has 0 fully saturated rings. The topological polar surface area (TPSA) is 58.1 Å². The molecule has 5 heteroatoms. The number of nitrogens with one attached hydrogen (secondary N) is 1. The molecule has 0 aliphatic heterocycles. The van der Waals surface area contributed by atoms with Crippen molar-refractivity contribution in [1.82, 2.24) is 14.9 Å². The molecule has 3 rings (SSSR count). The van der Waals surface area contributed by atoms with Crippen molar-refractivity contribution in [3.05, 3.63) is 89.7 Å². The molecule has 150 valence electrons. The molecule has 29 heavy (non-hydrogen) atoms. The average molecular weight is 389 g/mol. The van der Waals surface area contributed by atoms with E-state index in [1.807, 2.05) is 55.1 Å². The summed E-state index contributed by atoms with van der Waals surface area (Å²) in [6, 6.07) is 22.1. The van der Waals surface area contributed by atoms with Gasteiger partial charge >= 0.3 is 0 Å². The molecule has 0 saturated carbocycles. The van der Waals surface area contributed by atoms with Crippen molar-refractivity contribution >= 4 is 11.9 Å². The number of aryl methyl sites for hydroxylation is 1. The Morgan fingerprint density at radius 1 is 0.966 bits per heavy atom. The standard InChI is InChI=1S/C24H28N4O/c1-19(2)28(18-21-12-7-4-8-13-21)23(29)22-15-17-26-24(27-22)25-16-9-14-20-10-5-3-6-11-20/h3-8,10-13,15,17,19H,9,14,16,18H2,1-2H3,(H,25,26,27). The number of carbonyl (C=O) groups excluding carboxylic acids is 1. The number of nitrogens with zero attached hydrogens (tertiary/aromatic N) is 3. The summed E-state index contributed by atoms with van der Waals surface area (Å²) < 4.78 is 0. The van der Waals surface area contributed by atoms with Gasteiger partial charge in [-0.15, -0.1) is 0 Å². The Hall–Kier alpha value is -3.21. The summed E-state index contributed by atoms with van der Waals surface area (Å²) in [6.07, 6.45) is 3.60. The normalized spacial score (nSPS) is 10.7.